The normalized spacial score (nSPS) is 31.2. The van der Waals surface area contributed by atoms with Crippen LogP contribution in [0, 0.1) is 0 Å². The van der Waals surface area contributed by atoms with E-state index in [1.165, 1.54) is 0 Å². The Kier molecular flexibility index (Phi) is 2.09. The molecule has 1 aliphatic heterocycles. The smallest absolute Gasteiger partial charge is 0.326 e. The van der Waals surface area contributed by atoms with Crippen LogP contribution in [-0.2, 0) is 9.59 Å². The molecule has 1 rings (SSSR count). The van der Waals surface area contributed by atoms with Crippen LogP contribution in [0.4, 0.5) is 0 Å². The summed E-state index contributed by atoms with van der Waals surface area (Å²) in [6.45, 7) is 0. The lowest BCUT2D eigenvalue weighted by atomic mass is 10.0. The molecule has 0 aromatic heterocycles. The minimum Gasteiger partial charge on any atom is -0.480 e. The number of carbonyl (C=O) groups excluding carboxylic acids is 1. The highest BCUT2D eigenvalue weighted by atomic mass is 16.4. The molecule has 11 heavy (non-hydrogen) atoms. The molecular formula is C6H10N2O3. The van der Waals surface area contributed by atoms with Gasteiger partial charge in [-0.05, 0) is 12.8 Å². The summed E-state index contributed by atoms with van der Waals surface area (Å²) in [5, 5.41) is 10.8. The SMILES string of the molecule is NC1CCC(C(=O)O)NC1=O. The summed E-state index contributed by atoms with van der Waals surface area (Å²) in [6.07, 6.45) is 0.866. The molecule has 0 aromatic carbocycles. The van der Waals surface area contributed by atoms with Gasteiger partial charge in [-0.1, -0.05) is 0 Å². The minimum absolute atomic E-state index is 0.372. The second-order valence-corrected chi connectivity index (χ2v) is 2.58. The lowest BCUT2D eigenvalue weighted by molar-refractivity contribution is -0.143. The lowest BCUT2D eigenvalue weighted by Gasteiger charge is -2.23. The zero-order chi connectivity index (χ0) is 8.43. The van der Waals surface area contributed by atoms with Gasteiger partial charge in [0.25, 0.3) is 0 Å². The number of nitrogens with one attached hydrogen (secondary N) is 1. The van der Waals surface area contributed by atoms with E-state index in [2.05, 4.69) is 5.32 Å². The molecule has 1 amide bonds. The first-order valence-corrected chi connectivity index (χ1v) is 3.40. The molecule has 0 spiro atoms. The first-order valence-electron chi connectivity index (χ1n) is 3.40. The average molecular weight is 158 g/mol. The molecule has 2 unspecified atom stereocenters. The van der Waals surface area contributed by atoms with Gasteiger partial charge in [-0.25, -0.2) is 4.79 Å². The molecule has 1 heterocycles. The fourth-order valence-electron chi connectivity index (χ4n) is 1.01. The molecule has 2 atom stereocenters. The van der Waals surface area contributed by atoms with Gasteiger partial charge in [0.2, 0.25) is 5.91 Å². The number of carboxylic acid groups (broad SMARTS) is 1. The monoisotopic (exact) mass is 158 g/mol. The molecule has 1 fully saturated rings. The molecule has 5 heteroatoms. The highest BCUT2D eigenvalue weighted by Gasteiger charge is 2.28. The summed E-state index contributed by atoms with van der Waals surface area (Å²) >= 11 is 0. The van der Waals surface area contributed by atoms with Gasteiger partial charge in [0.15, 0.2) is 0 Å². The number of amides is 1. The summed E-state index contributed by atoms with van der Waals surface area (Å²) in [6, 6.07) is -1.28. The van der Waals surface area contributed by atoms with Crippen molar-refractivity contribution in [3.8, 4) is 0 Å². The van der Waals surface area contributed by atoms with E-state index < -0.39 is 18.1 Å². The van der Waals surface area contributed by atoms with Crippen molar-refractivity contribution in [2.75, 3.05) is 0 Å². The minimum atomic E-state index is -0.995. The third-order valence-corrected chi connectivity index (χ3v) is 1.72. The van der Waals surface area contributed by atoms with Gasteiger partial charge in [-0.2, -0.15) is 0 Å². The fourth-order valence-corrected chi connectivity index (χ4v) is 1.01. The molecule has 5 nitrogen and oxygen atoms in total. The summed E-state index contributed by atoms with van der Waals surface area (Å²) in [7, 11) is 0. The number of hydrogen-bond acceptors (Lipinski definition) is 3. The van der Waals surface area contributed by atoms with Crippen LogP contribution in [0.5, 0.6) is 0 Å². The van der Waals surface area contributed by atoms with Crippen molar-refractivity contribution >= 4 is 11.9 Å². The zero-order valence-electron chi connectivity index (χ0n) is 5.91. The number of hydrogen-bond donors (Lipinski definition) is 3. The number of piperidine rings is 1. The largest absolute Gasteiger partial charge is 0.480 e. The summed E-state index contributed by atoms with van der Waals surface area (Å²) in [5.74, 6) is -1.37. The van der Waals surface area contributed by atoms with Gasteiger partial charge in [0, 0.05) is 0 Å². The number of aliphatic carboxylic acids is 1. The van der Waals surface area contributed by atoms with E-state index in [0.29, 0.717) is 12.8 Å². The fraction of sp³-hybridized carbons (Fsp3) is 0.667. The maximum Gasteiger partial charge on any atom is 0.326 e. The van der Waals surface area contributed by atoms with Crippen LogP contribution in [0.2, 0.25) is 0 Å². The molecule has 0 bridgehead atoms. The predicted molar refractivity (Wildman–Crippen MR) is 36.8 cm³/mol. The molecule has 1 aliphatic rings. The molecule has 62 valence electrons. The van der Waals surface area contributed by atoms with Crippen LogP contribution in [-0.4, -0.2) is 29.1 Å². The van der Waals surface area contributed by atoms with Crippen molar-refractivity contribution in [1.29, 1.82) is 0 Å². The zero-order valence-corrected chi connectivity index (χ0v) is 5.91. The number of carbonyl (C=O) groups is 2. The third-order valence-electron chi connectivity index (χ3n) is 1.72. The van der Waals surface area contributed by atoms with Gasteiger partial charge >= 0.3 is 5.97 Å². The van der Waals surface area contributed by atoms with Crippen LogP contribution >= 0.6 is 0 Å². The first kappa shape index (κ1) is 8.00. The van der Waals surface area contributed by atoms with E-state index in [4.69, 9.17) is 10.8 Å². The van der Waals surface area contributed by atoms with Crippen LogP contribution < -0.4 is 11.1 Å². The number of nitrogens with two attached hydrogens (primary N) is 1. The van der Waals surface area contributed by atoms with Crippen molar-refractivity contribution in [2.24, 2.45) is 5.73 Å². The summed E-state index contributed by atoms with van der Waals surface area (Å²) in [5.41, 5.74) is 5.34. The second kappa shape index (κ2) is 2.87. The van der Waals surface area contributed by atoms with E-state index >= 15 is 0 Å². The molecule has 0 aromatic rings. The summed E-state index contributed by atoms with van der Waals surface area (Å²) in [4.78, 5) is 21.2. The third kappa shape index (κ3) is 1.68. The van der Waals surface area contributed by atoms with Crippen LogP contribution in [0.25, 0.3) is 0 Å². The molecule has 0 saturated carbocycles. The quantitative estimate of drug-likeness (QED) is 0.441. The number of rotatable bonds is 1. The van der Waals surface area contributed by atoms with Crippen molar-refractivity contribution in [1.82, 2.24) is 5.32 Å². The summed E-state index contributed by atoms with van der Waals surface area (Å²) < 4.78 is 0. The Balaban J connectivity index is 2.53. The highest BCUT2D eigenvalue weighted by molar-refractivity contribution is 5.88. The van der Waals surface area contributed by atoms with Crippen LogP contribution in [0.15, 0.2) is 0 Å². The Morgan fingerprint density at radius 2 is 2.27 bits per heavy atom. The Bertz CT molecular complexity index is 192. The first-order chi connectivity index (χ1) is 5.11. The predicted octanol–water partition coefficient (Wildman–Crippen LogP) is -1.32. The molecule has 0 radical (unpaired) electrons. The van der Waals surface area contributed by atoms with Gasteiger partial charge in [-0.3, -0.25) is 4.79 Å². The van der Waals surface area contributed by atoms with E-state index in [1.807, 2.05) is 0 Å². The topological polar surface area (TPSA) is 92.4 Å². The van der Waals surface area contributed by atoms with Crippen LogP contribution in [0.1, 0.15) is 12.8 Å². The van der Waals surface area contributed by atoms with Crippen LogP contribution in [0.3, 0.4) is 0 Å². The van der Waals surface area contributed by atoms with Crippen molar-refractivity contribution in [2.45, 2.75) is 24.9 Å². The maximum absolute atomic E-state index is 10.8. The average Bonchev–Trinajstić information content (AvgIpc) is 1.94. The van der Waals surface area contributed by atoms with Crippen molar-refractivity contribution in [3.05, 3.63) is 0 Å². The standard InChI is InChI=1S/C6H10N2O3/c7-3-1-2-4(6(10)11)8-5(3)9/h3-4H,1-2,7H2,(H,8,9)(H,10,11). The Labute approximate surface area is 63.6 Å². The van der Waals surface area contributed by atoms with Gasteiger partial charge in [0.05, 0.1) is 6.04 Å². The van der Waals surface area contributed by atoms with E-state index in [1.54, 1.807) is 0 Å². The van der Waals surface area contributed by atoms with Crippen molar-refractivity contribution in [3.63, 3.8) is 0 Å². The maximum atomic E-state index is 10.8. The van der Waals surface area contributed by atoms with E-state index in [9.17, 15) is 9.59 Å². The molecule has 4 N–H and O–H groups in total. The Morgan fingerprint density at radius 3 is 2.73 bits per heavy atom. The Hall–Kier alpha value is -1.10. The van der Waals surface area contributed by atoms with Gasteiger partial charge in [0.1, 0.15) is 6.04 Å². The van der Waals surface area contributed by atoms with Gasteiger partial charge < -0.3 is 16.2 Å². The van der Waals surface area contributed by atoms with Crippen molar-refractivity contribution < 1.29 is 14.7 Å². The van der Waals surface area contributed by atoms with Gasteiger partial charge in [-0.15, -0.1) is 0 Å². The number of carboxylic acids is 1. The van der Waals surface area contributed by atoms with E-state index in [0.717, 1.165) is 0 Å². The Morgan fingerprint density at radius 1 is 1.64 bits per heavy atom. The molecule has 0 aliphatic carbocycles. The lowest BCUT2D eigenvalue weighted by Crippen LogP contribution is -2.53. The second-order valence-electron chi connectivity index (χ2n) is 2.58. The molecular weight excluding hydrogens is 148 g/mol. The highest BCUT2D eigenvalue weighted by Crippen LogP contribution is 2.07. The van der Waals surface area contributed by atoms with E-state index in [-0.39, 0.29) is 5.91 Å². The molecule has 1 saturated heterocycles.